The van der Waals surface area contributed by atoms with E-state index in [1.807, 2.05) is 6.20 Å². The summed E-state index contributed by atoms with van der Waals surface area (Å²) >= 11 is 0. The van der Waals surface area contributed by atoms with Gasteiger partial charge >= 0.3 is 0 Å². The fourth-order valence-electron chi connectivity index (χ4n) is 4.32. The van der Waals surface area contributed by atoms with Crippen molar-refractivity contribution in [1.29, 1.82) is 0 Å². The summed E-state index contributed by atoms with van der Waals surface area (Å²) in [6.07, 6.45) is 6.72. The third-order valence-corrected chi connectivity index (χ3v) is 6.00. The lowest BCUT2D eigenvalue weighted by Gasteiger charge is -2.37. The molecule has 1 aliphatic heterocycles. The van der Waals surface area contributed by atoms with Crippen LogP contribution in [0.5, 0.6) is 0 Å². The highest BCUT2D eigenvalue weighted by molar-refractivity contribution is 5.76. The topological polar surface area (TPSA) is 58.1 Å². The van der Waals surface area contributed by atoms with E-state index >= 15 is 0 Å². The van der Waals surface area contributed by atoms with Gasteiger partial charge in [-0.25, -0.2) is 9.97 Å². The van der Waals surface area contributed by atoms with E-state index in [0.29, 0.717) is 12.3 Å². The molecular formula is C22H36N4O. The Hall–Kier alpha value is -1.49. The molecule has 150 valence electrons. The maximum absolute atomic E-state index is 12.7. The summed E-state index contributed by atoms with van der Waals surface area (Å²) in [4.78, 5) is 24.6. The summed E-state index contributed by atoms with van der Waals surface area (Å²) in [6.45, 7) is 13.2. The normalized spacial score (nSPS) is 23.7. The highest BCUT2D eigenvalue weighted by atomic mass is 16.1. The van der Waals surface area contributed by atoms with Crippen molar-refractivity contribution in [2.45, 2.75) is 78.2 Å². The third kappa shape index (κ3) is 5.07. The standard InChI is InChI=1S/C22H36N4O/c1-21(2,3)20-23-14-16-17(12-22(4,5)13-18(16)25-20)24-19(27)11-15-7-9-26(6)10-8-15/h14-15,17H,7-13H2,1-6H3,(H,24,27). The second-order valence-electron chi connectivity index (χ2n) is 10.5. The molecule has 2 heterocycles. The van der Waals surface area contributed by atoms with E-state index in [0.717, 1.165) is 55.9 Å². The van der Waals surface area contributed by atoms with Gasteiger partial charge < -0.3 is 10.2 Å². The van der Waals surface area contributed by atoms with Crippen molar-refractivity contribution in [2.24, 2.45) is 11.3 Å². The first kappa shape index (κ1) is 20.2. The number of carbonyl (C=O) groups excluding carboxylic acids is 1. The van der Waals surface area contributed by atoms with Crippen molar-refractivity contribution in [3.8, 4) is 0 Å². The fourth-order valence-corrected chi connectivity index (χ4v) is 4.32. The molecular weight excluding hydrogens is 336 g/mol. The molecule has 2 aliphatic rings. The first-order valence-electron chi connectivity index (χ1n) is 10.4. The molecule has 0 saturated carbocycles. The van der Waals surface area contributed by atoms with Crippen LogP contribution >= 0.6 is 0 Å². The lowest BCUT2D eigenvalue weighted by Crippen LogP contribution is -2.39. The molecule has 27 heavy (non-hydrogen) atoms. The van der Waals surface area contributed by atoms with Gasteiger partial charge in [-0.1, -0.05) is 34.6 Å². The predicted octanol–water partition coefficient (Wildman–Crippen LogP) is 3.64. The van der Waals surface area contributed by atoms with E-state index in [1.165, 1.54) is 0 Å². The molecule has 1 aliphatic carbocycles. The Balaban J connectivity index is 1.73. The Morgan fingerprint density at radius 1 is 1.30 bits per heavy atom. The van der Waals surface area contributed by atoms with Gasteiger partial charge in [0.05, 0.1) is 6.04 Å². The zero-order valence-electron chi connectivity index (χ0n) is 17.9. The second kappa shape index (κ2) is 7.50. The first-order valence-corrected chi connectivity index (χ1v) is 10.4. The monoisotopic (exact) mass is 372 g/mol. The lowest BCUT2D eigenvalue weighted by atomic mass is 9.74. The van der Waals surface area contributed by atoms with Gasteiger partial charge in [-0.2, -0.15) is 0 Å². The van der Waals surface area contributed by atoms with E-state index in [2.05, 4.69) is 56.9 Å². The number of aromatic nitrogens is 2. The van der Waals surface area contributed by atoms with Gasteiger partial charge in [-0.3, -0.25) is 4.79 Å². The smallest absolute Gasteiger partial charge is 0.220 e. The molecule has 1 unspecified atom stereocenters. The molecule has 0 radical (unpaired) electrons. The van der Waals surface area contributed by atoms with Gasteiger partial charge in [-0.05, 0) is 57.2 Å². The number of piperidine rings is 1. The summed E-state index contributed by atoms with van der Waals surface area (Å²) in [5.74, 6) is 1.57. The number of hydrogen-bond acceptors (Lipinski definition) is 4. The van der Waals surface area contributed by atoms with E-state index in [1.54, 1.807) is 0 Å². The number of likely N-dealkylation sites (tertiary alicyclic amines) is 1. The molecule has 5 heteroatoms. The quantitative estimate of drug-likeness (QED) is 0.880. The number of amides is 1. The number of nitrogens with zero attached hydrogens (tertiary/aromatic N) is 3. The molecule has 0 spiro atoms. The maximum Gasteiger partial charge on any atom is 0.220 e. The lowest BCUT2D eigenvalue weighted by molar-refractivity contribution is -0.123. The van der Waals surface area contributed by atoms with Crippen LogP contribution in [0.2, 0.25) is 0 Å². The van der Waals surface area contributed by atoms with Gasteiger partial charge in [0.2, 0.25) is 5.91 Å². The summed E-state index contributed by atoms with van der Waals surface area (Å²) in [5, 5.41) is 3.31. The molecule has 1 fully saturated rings. The van der Waals surface area contributed by atoms with Crippen LogP contribution in [0.25, 0.3) is 0 Å². The largest absolute Gasteiger partial charge is 0.349 e. The van der Waals surface area contributed by atoms with Crippen LogP contribution in [0.3, 0.4) is 0 Å². The molecule has 0 aromatic carbocycles. The van der Waals surface area contributed by atoms with Crippen molar-refractivity contribution in [3.63, 3.8) is 0 Å². The minimum absolute atomic E-state index is 0.0246. The van der Waals surface area contributed by atoms with Crippen molar-refractivity contribution >= 4 is 5.91 Å². The number of carbonyl (C=O) groups is 1. The van der Waals surface area contributed by atoms with Crippen molar-refractivity contribution in [1.82, 2.24) is 20.2 Å². The average molecular weight is 373 g/mol. The number of hydrogen-bond donors (Lipinski definition) is 1. The van der Waals surface area contributed by atoms with E-state index in [-0.39, 0.29) is 22.8 Å². The zero-order chi connectivity index (χ0) is 19.8. The molecule has 0 bridgehead atoms. The van der Waals surface area contributed by atoms with Crippen molar-refractivity contribution < 1.29 is 4.79 Å². The number of nitrogens with one attached hydrogen (secondary N) is 1. The van der Waals surface area contributed by atoms with E-state index in [9.17, 15) is 4.79 Å². The summed E-state index contributed by atoms with van der Waals surface area (Å²) < 4.78 is 0. The minimum atomic E-state index is -0.0660. The molecule has 1 atom stereocenters. The highest BCUT2D eigenvalue weighted by Crippen LogP contribution is 2.40. The SMILES string of the molecule is CN1CCC(CC(=O)NC2CC(C)(C)Cc3nc(C(C)(C)C)ncc32)CC1. The predicted molar refractivity (Wildman–Crippen MR) is 109 cm³/mol. The third-order valence-electron chi connectivity index (χ3n) is 6.00. The number of rotatable bonds is 3. The molecule has 1 aromatic heterocycles. The first-order chi connectivity index (χ1) is 12.5. The zero-order valence-corrected chi connectivity index (χ0v) is 17.9. The fraction of sp³-hybridized carbons (Fsp3) is 0.773. The Morgan fingerprint density at radius 2 is 1.96 bits per heavy atom. The Kier molecular flexibility index (Phi) is 5.62. The Bertz CT molecular complexity index is 684. The summed E-state index contributed by atoms with van der Waals surface area (Å²) in [7, 11) is 2.16. The highest BCUT2D eigenvalue weighted by Gasteiger charge is 2.35. The minimum Gasteiger partial charge on any atom is -0.349 e. The van der Waals surface area contributed by atoms with Crippen molar-refractivity contribution in [2.75, 3.05) is 20.1 Å². The van der Waals surface area contributed by atoms with Crippen LogP contribution < -0.4 is 5.32 Å². The summed E-state index contributed by atoms with van der Waals surface area (Å²) in [6, 6.07) is 0.0246. The van der Waals surface area contributed by atoms with Crippen LogP contribution in [0.1, 0.15) is 83.4 Å². The average Bonchev–Trinajstić information content (AvgIpc) is 2.54. The van der Waals surface area contributed by atoms with E-state index in [4.69, 9.17) is 4.98 Å². The Morgan fingerprint density at radius 3 is 2.59 bits per heavy atom. The second-order valence-corrected chi connectivity index (χ2v) is 10.5. The maximum atomic E-state index is 12.7. The van der Waals surface area contributed by atoms with Gasteiger partial charge in [0.15, 0.2) is 0 Å². The van der Waals surface area contributed by atoms with Crippen LogP contribution in [0.15, 0.2) is 6.20 Å². The molecule has 1 amide bonds. The molecule has 3 rings (SSSR count). The molecule has 1 N–H and O–H groups in total. The van der Waals surface area contributed by atoms with Gasteiger partial charge in [0, 0.05) is 29.3 Å². The molecule has 1 aromatic rings. The van der Waals surface area contributed by atoms with Crippen molar-refractivity contribution in [3.05, 3.63) is 23.3 Å². The van der Waals surface area contributed by atoms with E-state index < -0.39 is 0 Å². The molecule has 5 nitrogen and oxygen atoms in total. The van der Waals surface area contributed by atoms with Crippen LogP contribution in [-0.4, -0.2) is 40.9 Å². The number of fused-ring (bicyclic) bond motifs is 1. The van der Waals surface area contributed by atoms with Gasteiger partial charge in [0.1, 0.15) is 5.82 Å². The van der Waals surface area contributed by atoms with Crippen LogP contribution in [0.4, 0.5) is 0 Å². The van der Waals surface area contributed by atoms with Crippen LogP contribution in [0, 0.1) is 11.3 Å². The molecule has 1 saturated heterocycles. The Labute approximate surface area is 164 Å². The van der Waals surface area contributed by atoms with Crippen LogP contribution in [-0.2, 0) is 16.6 Å². The summed E-state index contributed by atoms with van der Waals surface area (Å²) in [5.41, 5.74) is 2.28. The van der Waals surface area contributed by atoms with Gasteiger partial charge in [-0.15, -0.1) is 0 Å². The van der Waals surface area contributed by atoms with Gasteiger partial charge in [0.25, 0.3) is 0 Å².